The molecule has 1 fully saturated rings. The highest BCUT2D eigenvalue weighted by molar-refractivity contribution is 7.92. The fourth-order valence-corrected chi connectivity index (χ4v) is 8.08. The molecule has 11 heteroatoms. The van der Waals surface area contributed by atoms with Crippen molar-refractivity contribution in [2.24, 2.45) is 0 Å². The molecule has 5 rings (SSSR count). The van der Waals surface area contributed by atoms with Crippen LogP contribution >= 0.6 is 0 Å². The van der Waals surface area contributed by atoms with E-state index in [9.17, 15) is 21.6 Å². The second-order valence-electron chi connectivity index (χ2n) is 9.95. The van der Waals surface area contributed by atoms with Crippen molar-refractivity contribution >= 4 is 31.6 Å². The number of aryl methyl sites for hydroxylation is 1. The van der Waals surface area contributed by atoms with Gasteiger partial charge >= 0.3 is 0 Å². The fraction of sp³-hybridized carbons (Fsp3) is 0.345. The van der Waals surface area contributed by atoms with Gasteiger partial charge in [-0.15, -0.1) is 0 Å². The zero-order chi connectivity index (χ0) is 28.2. The van der Waals surface area contributed by atoms with E-state index in [2.05, 4.69) is 5.32 Å². The van der Waals surface area contributed by atoms with Crippen molar-refractivity contribution < 1.29 is 26.4 Å². The zero-order valence-corrected chi connectivity index (χ0v) is 23.8. The summed E-state index contributed by atoms with van der Waals surface area (Å²) < 4.78 is 60.7. The van der Waals surface area contributed by atoms with Gasteiger partial charge in [-0.05, 0) is 79.3 Å². The number of sulfonamides is 2. The molecule has 0 saturated carbocycles. The summed E-state index contributed by atoms with van der Waals surface area (Å²) in [5.74, 6) is 0.0204. The molecule has 3 aromatic rings. The van der Waals surface area contributed by atoms with Crippen LogP contribution in [0.3, 0.4) is 0 Å². The van der Waals surface area contributed by atoms with Crippen LogP contribution in [0, 0.1) is 0 Å². The topological polar surface area (TPSA) is 113 Å². The van der Waals surface area contributed by atoms with E-state index < -0.39 is 20.0 Å². The van der Waals surface area contributed by atoms with Crippen molar-refractivity contribution in [3.63, 3.8) is 0 Å². The summed E-state index contributed by atoms with van der Waals surface area (Å²) in [7, 11) is -7.22. The molecule has 0 spiro atoms. The van der Waals surface area contributed by atoms with Crippen LogP contribution in [-0.2, 0) is 37.8 Å². The normalized spacial score (nSPS) is 16.2. The SMILES string of the molecule is O=C(COc1ccc(S(=O)(=O)N2CCCc3ccccc32)cc1)NCc1ccc(S(=O)(=O)N2CCCCC2)cc1. The van der Waals surface area contributed by atoms with E-state index >= 15 is 0 Å². The monoisotopic (exact) mass is 583 g/mol. The minimum absolute atomic E-state index is 0.159. The molecule has 0 radical (unpaired) electrons. The van der Waals surface area contributed by atoms with Gasteiger partial charge in [-0.25, -0.2) is 16.8 Å². The Hall–Kier alpha value is -3.41. The number of benzene rings is 3. The first-order valence-corrected chi connectivity index (χ1v) is 16.3. The predicted octanol–water partition coefficient (Wildman–Crippen LogP) is 3.70. The Morgan fingerprint density at radius 3 is 2.12 bits per heavy atom. The Morgan fingerprint density at radius 2 is 1.40 bits per heavy atom. The molecule has 2 aliphatic rings. The van der Waals surface area contributed by atoms with Gasteiger partial charge in [0.15, 0.2) is 6.61 Å². The highest BCUT2D eigenvalue weighted by atomic mass is 32.2. The van der Waals surface area contributed by atoms with Gasteiger partial charge in [-0.2, -0.15) is 4.31 Å². The number of ether oxygens (including phenoxy) is 1. The first-order chi connectivity index (χ1) is 19.2. The van der Waals surface area contributed by atoms with Gasteiger partial charge < -0.3 is 10.1 Å². The number of carbonyl (C=O) groups is 1. The van der Waals surface area contributed by atoms with E-state index in [1.54, 1.807) is 24.3 Å². The summed E-state index contributed by atoms with van der Waals surface area (Å²) >= 11 is 0. The smallest absolute Gasteiger partial charge is 0.264 e. The largest absolute Gasteiger partial charge is 0.484 e. The van der Waals surface area contributed by atoms with Crippen molar-refractivity contribution in [1.29, 1.82) is 0 Å². The van der Waals surface area contributed by atoms with E-state index in [0.29, 0.717) is 31.1 Å². The molecule has 212 valence electrons. The van der Waals surface area contributed by atoms with Crippen LogP contribution in [0.15, 0.2) is 82.6 Å². The van der Waals surface area contributed by atoms with Crippen molar-refractivity contribution in [3.05, 3.63) is 83.9 Å². The highest BCUT2D eigenvalue weighted by Crippen LogP contribution is 2.32. The van der Waals surface area contributed by atoms with Gasteiger partial charge in [0, 0.05) is 26.2 Å². The fourth-order valence-electron chi connectivity index (χ4n) is 5.02. The van der Waals surface area contributed by atoms with Crippen molar-refractivity contribution in [1.82, 2.24) is 9.62 Å². The molecular weight excluding hydrogens is 550 g/mol. The molecule has 0 aliphatic carbocycles. The third kappa shape index (κ3) is 6.16. The van der Waals surface area contributed by atoms with Gasteiger partial charge in [-0.3, -0.25) is 9.10 Å². The number of piperidine rings is 1. The number of rotatable bonds is 9. The second kappa shape index (κ2) is 12.0. The molecule has 0 unspecified atom stereocenters. The zero-order valence-electron chi connectivity index (χ0n) is 22.2. The maximum Gasteiger partial charge on any atom is 0.264 e. The van der Waals surface area contributed by atoms with E-state index in [1.165, 1.54) is 32.9 Å². The number of amides is 1. The first kappa shape index (κ1) is 28.1. The molecule has 3 aromatic carbocycles. The van der Waals surface area contributed by atoms with Crippen molar-refractivity contribution in [2.75, 3.05) is 30.5 Å². The molecule has 9 nitrogen and oxygen atoms in total. The summed E-state index contributed by atoms with van der Waals surface area (Å²) in [6.07, 6.45) is 4.41. The Kier molecular flexibility index (Phi) is 8.43. The van der Waals surface area contributed by atoms with Gasteiger partial charge in [0.1, 0.15) is 5.75 Å². The average Bonchev–Trinajstić information content (AvgIpc) is 2.99. The molecule has 1 N–H and O–H groups in total. The maximum absolute atomic E-state index is 13.3. The molecule has 1 saturated heterocycles. The molecule has 2 aliphatic heterocycles. The molecule has 1 amide bonds. The molecule has 0 bridgehead atoms. The Labute approximate surface area is 235 Å². The molecular formula is C29H33N3O6S2. The van der Waals surface area contributed by atoms with Crippen LogP contribution in [0.4, 0.5) is 5.69 Å². The highest BCUT2D eigenvalue weighted by Gasteiger charge is 2.29. The lowest BCUT2D eigenvalue weighted by molar-refractivity contribution is -0.123. The summed E-state index contributed by atoms with van der Waals surface area (Å²) in [6.45, 7) is 1.50. The van der Waals surface area contributed by atoms with Crippen LogP contribution in [0.1, 0.15) is 36.8 Å². The Morgan fingerprint density at radius 1 is 0.750 bits per heavy atom. The van der Waals surface area contributed by atoms with E-state index in [0.717, 1.165) is 43.2 Å². The van der Waals surface area contributed by atoms with Gasteiger partial charge in [0.05, 0.1) is 15.5 Å². The minimum atomic E-state index is -3.72. The maximum atomic E-state index is 13.3. The summed E-state index contributed by atoms with van der Waals surface area (Å²) in [5.41, 5.74) is 2.49. The number of carbonyl (C=O) groups excluding carboxylic acids is 1. The summed E-state index contributed by atoms with van der Waals surface area (Å²) in [6, 6.07) is 20.1. The Bertz CT molecular complexity index is 1550. The lowest BCUT2D eigenvalue weighted by atomic mass is 10.0. The average molecular weight is 584 g/mol. The van der Waals surface area contributed by atoms with Crippen molar-refractivity contribution in [3.8, 4) is 5.75 Å². The van der Waals surface area contributed by atoms with Gasteiger partial charge in [0.25, 0.3) is 15.9 Å². The van der Waals surface area contributed by atoms with Gasteiger partial charge in [-0.1, -0.05) is 36.8 Å². The number of nitrogens with zero attached hydrogens (tertiary/aromatic N) is 2. The third-order valence-electron chi connectivity index (χ3n) is 7.22. The van der Waals surface area contributed by atoms with E-state index in [4.69, 9.17) is 4.74 Å². The number of anilines is 1. The summed E-state index contributed by atoms with van der Waals surface area (Å²) in [4.78, 5) is 12.7. The number of nitrogens with one attached hydrogen (secondary N) is 1. The van der Waals surface area contributed by atoms with E-state index in [-0.39, 0.29) is 28.8 Å². The van der Waals surface area contributed by atoms with Crippen molar-refractivity contribution in [2.45, 2.75) is 48.4 Å². The predicted molar refractivity (Wildman–Crippen MR) is 152 cm³/mol. The third-order valence-corrected chi connectivity index (χ3v) is 11.0. The Balaban J connectivity index is 1.13. The van der Waals surface area contributed by atoms with E-state index in [1.807, 2.05) is 24.3 Å². The molecule has 0 atom stereocenters. The molecule has 2 heterocycles. The quantitative estimate of drug-likeness (QED) is 0.411. The van der Waals surface area contributed by atoms with Crippen LogP contribution < -0.4 is 14.4 Å². The lowest BCUT2D eigenvalue weighted by Crippen LogP contribution is -2.35. The molecule has 40 heavy (non-hydrogen) atoms. The number of fused-ring (bicyclic) bond motifs is 1. The molecule has 0 aromatic heterocycles. The first-order valence-electron chi connectivity index (χ1n) is 13.4. The van der Waals surface area contributed by atoms with Crippen LogP contribution in [0.5, 0.6) is 5.75 Å². The lowest BCUT2D eigenvalue weighted by Gasteiger charge is -2.30. The standard InChI is InChI=1S/C29H33N3O6S2/c33-29(30-21-23-10-14-26(15-11-23)39(34,35)31-18-4-1-5-19-31)22-38-25-12-16-27(17-13-25)40(36,37)32-20-6-8-24-7-2-3-9-28(24)32/h2-3,7,9-17H,1,4-6,8,18-22H2,(H,30,33). The second-order valence-corrected chi connectivity index (χ2v) is 13.8. The van der Waals surface area contributed by atoms with Crippen LogP contribution in [-0.4, -0.2) is 53.3 Å². The number of hydrogen-bond acceptors (Lipinski definition) is 6. The summed E-state index contributed by atoms with van der Waals surface area (Å²) in [5, 5.41) is 2.75. The minimum Gasteiger partial charge on any atom is -0.484 e. The number of para-hydroxylation sites is 1. The van der Waals surface area contributed by atoms with Gasteiger partial charge in [0.2, 0.25) is 10.0 Å². The van der Waals surface area contributed by atoms with Crippen LogP contribution in [0.2, 0.25) is 0 Å². The number of hydrogen-bond donors (Lipinski definition) is 1. The van der Waals surface area contributed by atoms with Crippen LogP contribution in [0.25, 0.3) is 0 Å².